The summed E-state index contributed by atoms with van der Waals surface area (Å²) in [5.41, 5.74) is 1.96. The minimum Gasteiger partial charge on any atom is -0.359 e. The summed E-state index contributed by atoms with van der Waals surface area (Å²) in [5.74, 6) is -0.196. The van der Waals surface area contributed by atoms with Crippen molar-refractivity contribution in [3.8, 4) is 0 Å². The van der Waals surface area contributed by atoms with Crippen molar-refractivity contribution in [1.82, 2.24) is 10.0 Å². The van der Waals surface area contributed by atoms with Crippen molar-refractivity contribution >= 4 is 15.9 Å². The van der Waals surface area contributed by atoms with Crippen LogP contribution in [0.5, 0.6) is 0 Å². The van der Waals surface area contributed by atoms with Gasteiger partial charge in [-0.3, -0.25) is 4.79 Å². The van der Waals surface area contributed by atoms with Gasteiger partial charge in [0.05, 0.1) is 4.90 Å². The molecule has 0 aliphatic carbocycles. The summed E-state index contributed by atoms with van der Waals surface area (Å²) in [5, 5.41) is 2.43. The van der Waals surface area contributed by atoms with E-state index in [1.54, 1.807) is 18.2 Å². The maximum absolute atomic E-state index is 11.9. The van der Waals surface area contributed by atoms with E-state index in [1.165, 1.54) is 7.05 Å². The highest BCUT2D eigenvalue weighted by molar-refractivity contribution is 7.89. The third kappa shape index (κ3) is 3.82. The molecule has 0 unspecified atom stereocenters. The highest BCUT2D eigenvalue weighted by Gasteiger charge is 2.14. The van der Waals surface area contributed by atoms with Crippen LogP contribution in [0.2, 0.25) is 0 Å². The molecule has 18 heavy (non-hydrogen) atoms. The molecule has 0 aliphatic rings. The lowest BCUT2D eigenvalue weighted by molar-refractivity contribution is -0.120. The van der Waals surface area contributed by atoms with Crippen LogP contribution in [-0.4, -0.2) is 27.9 Å². The van der Waals surface area contributed by atoms with Gasteiger partial charge in [-0.25, -0.2) is 13.1 Å². The Morgan fingerprint density at radius 3 is 2.44 bits per heavy atom. The molecular formula is C12H18N2O3S. The molecular weight excluding hydrogens is 252 g/mol. The van der Waals surface area contributed by atoms with Gasteiger partial charge in [-0.2, -0.15) is 0 Å². The summed E-state index contributed by atoms with van der Waals surface area (Å²) in [7, 11) is -2.02. The number of sulfonamides is 1. The van der Waals surface area contributed by atoms with Crippen LogP contribution in [0.25, 0.3) is 0 Å². The lowest BCUT2D eigenvalue weighted by Gasteiger charge is -2.08. The molecule has 5 nitrogen and oxygen atoms in total. The van der Waals surface area contributed by atoms with Gasteiger partial charge in [-0.1, -0.05) is 6.07 Å². The van der Waals surface area contributed by atoms with E-state index in [-0.39, 0.29) is 23.8 Å². The number of nitrogens with one attached hydrogen (secondary N) is 2. The molecule has 6 heteroatoms. The largest absolute Gasteiger partial charge is 0.359 e. The highest BCUT2D eigenvalue weighted by Crippen LogP contribution is 2.14. The third-order valence-electron chi connectivity index (χ3n) is 2.71. The van der Waals surface area contributed by atoms with Crippen molar-refractivity contribution in [2.75, 3.05) is 13.6 Å². The number of rotatable bonds is 5. The maximum atomic E-state index is 11.9. The van der Waals surface area contributed by atoms with Crippen LogP contribution in [0, 0.1) is 13.8 Å². The average Bonchev–Trinajstić information content (AvgIpc) is 2.32. The fourth-order valence-corrected chi connectivity index (χ4v) is 2.50. The Bertz CT molecular complexity index is 538. The average molecular weight is 270 g/mol. The van der Waals surface area contributed by atoms with E-state index in [0.29, 0.717) is 0 Å². The SMILES string of the molecule is CNC(=O)CCNS(=O)(=O)c1ccc(C)c(C)c1. The molecule has 0 aliphatic heterocycles. The predicted octanol–water partition coefficient (Wildman–Crippen LogP) is 0.718. The van der Waals surface area contributed by atoms with Gasteiger partial charge in [0, 0.05) is 20.0 Å². The standard InChI is InChI=1S/C12H18N2O3S/c1-9-4-5-11(8-10(9)2)18(16,17)14-7-6-12(15)13-3/h4-5,8,14H,6-7H2,1-3H3,(H,13,15). The Morgan fingerprint density at radius 2 is 1.89 bits per heavy atom. The Kier molecular flexibility index (Phi) is 4.86. The third-order valence-corrected chi connectivity index (χ3v) is 4.17. The molecule has 2 N–H and O–H groups in total. The van der Waals surface area contributed by atoms with Crippen molar-refractivity contribution < 1.29 is 13.2 Å². The van der Waals surface area contributed by atoms with Crippen LogP contribution in [-0.2, 0) is 14.8 Å². The fraction of sp³-hybridized carbons (Fsp3) is 0.417. The van der Waals surface area contributed by atoms with Crippen LogP contribution in [0.1, 0.15) is 17.5 Å². The first kappa shape index (κ1) is 14.7. The van der Waals surface area contributed by atoms with E-state index in [1.807, 2.05) is 13.8 Å². The molecule has 100 valence electrons. The van der Waals surface area contributed by atoms with Crippen LogP contribution in [0.4, 0.5) is 0 Å². The Hall–Kier alpha value is -1.40. The zero-order valence-electron chi connectivity index (χ0n) is 10.8. The van der Waals surface area contributed by atoms with Crippen molar-refractivity contribution in [1.29, 1.82) is 0 Å². The Balaban J connectivity index is 2.74. The first-order valence-electron chi connectivity index (χ1n) is 5.64. The predicted molar refractivity (Wildman–Crippen MR) is 69.8 cm³/mol. The molecule has 0 aromatic heterocycles. The van der Waals surface area contributed by atoms with Crippen molar-refractivity contribution in [2.24, 2.45) is 0 Å². The van der Waals surface area contributed by atoms with Crippen molar-refractivity contribution in [3.05, 3.63) is 29.3 Å². The molecule has 0 atom stereocenters. The lowest BCUT2D eigenvalue weighted by atomic mass is 10.1. The summed E-state index contributed by atoms with van der Waals surface area (Å²) in [4.78, 5) is 11.2. The second-order valence-electron chi connectivity index (χ2n) is 4.07. The second-order valence-corrected chi connectivity index (χ2v) is 5.83. The van der Waals surface area contributed by atoms with Gasteiger partial charge in [0.1, 0.15) is 0 Å². The van der Waals surface area contributed by atoms with Gasteiger partial charge >= 0.3 is 0 Å². The van der Waals surface area contributed by atoms with E-state index in [4.69, 9.17) is 0 Å². The van der Waals surface area contributed by atoms with E-state index in [9.17, 15) is 13.2 Å². The van der Waals surface area contributed by atoms with E-state index >= 15 is 0 Å². The number of hydrogen-bond donors (Lipinski definition) is 2. The van der Waals surface area contributed by atoms with Gasteiger partial charge < -0.3 is 5.32 Å². The van der Waals surface area contributed by atoms with Crippen LogP contribution in [0.15, 0.2) is 23.1 Å². The summed E-state index contributed by atoms with van der Waals surface area (Å²) >= 11 is 0. The molecule has 0 fully saturated rings. The molecule has 0 spiro atoms. The summed E-state index contributed by atoms with van der Waals surface area (Å²) in [6, 6.07) is 4.95. The number of amides is 1. The zero-order valence-corrected chi connectivity index (χ0v) is 11.6. The smallest absolute Gasteiger partial charge is 0.240 e. The Morgan fingerprint density at radius 1 is 1.22 bits per heavy atom. The van der Waals surface area contributed by atoms with Crippen LogP contribution in [0.3, 0.4) is 0 Å². The molecule has 1 rings (SSSR count). The first-order valence-corrected chi connectivity index (χ1v) is 7.12. The molecule has 0 saturated heterocycles. The quantitative estimate of drug-likeness (QED) is 0.827. The summed E-state index contributed by atoms with van der Waals surface area (Å²) in [6.07, 6.45) is 0.126. The maximum Gasteiger partial charge on any atom is 0.240 e. The number of aryl methyl sites for hydroxylation is 2. The number of carbonyl (C=O) groups is 1. The minimum absolute atomic E-state index is 0.0922. The number of hydrogen-bond acceptors (Lipinski definition) is 3. The Labute approximate surface area is 108 Å². The van der Waals surface area contributed by atoms with Gasteiger partial charge in [0.25, 0.3) is 0 Å². The molecule has 0 radical (unpaired) electrons. The molecule has 1 aromatic carbocycles. The number of benzene rings is 1. The molecule has 0 saturated carbocycles. The van der Waals surface area contributed by atoms with Gasteiger partial charge in [0.15, 0.2) is 0 Å². The van der Waals surface area contributed by atoms with Crippen molar-refractivity contribution in [3.63, 3.8) is 0 Å². The summed E-state index contributed by atoms with van der Waals surface area (Å²) in [6.45, 7) is 3.87. The summed E-state index contributed by atoms with van der Waals surface area (Å²) < 4.78 is 26.2. The van der Waals surface area contributed by atoms with Gasteiger partial charge in [-0.05, 0) is 37.1 Å². The number of carbonyl (C=O) groups excluding carboxylic acids is 1. The normalized spacial score (nSPS) is 11.3. The minimum atomic E-state index is -3.53. The van der Waals surface area contributed by atoms with Gasteiger partial charge in [-0.15, -0.1) is 0 Å². The van der Waals surface area contributed by atoms with E-state index in [2.05, 4.69) is 10.0 Å². The highest BCUT2D eigenvalue weighted by atomic mass is 32.2. The lowest BCUT2D eigenvalue weighted by Crippen LogP contribution is -2.29. The van der Waals surface area contributed by atoms with E-state index in [0.717, 1.165) is 11.1 Å². The zero-order chi connectivity index (χ0) is 13.8. The van der Waals surface area contributed by atoms with Crippen LogP contribution < -0.4 is 10.0 Å². The first-order chi connectivity index (χ1) is 8.36. The topological polar surface area (TPSA) is 75.3 Å². The molecule has 0 bridgehead atoms. The monoisotopic (exact) mass is 270 g/mol. The van der Waals surface area contributed by atoms with E-state index < -0.39 is 10.0 Å². The van der Waals surface area contributed by atoms with Crippen LogP contribution >= 0.6 is 0 Å². The molecule has 1 aromatic rings. The van der Waals surface area contributed by atoms with Crippen molar-refractivity contribution in [2.45, 2.75) is 25.2 Å². The molecule has 0 heterocycles. The van der Waals surface area contributed by atoms with Gasteiger partial charge in [0.2, 0.25) is 15.9 Å². The second kappa shape index (κ2) is 5.97. The molecule has 1 amide bonds. The fourth-order valence-electron chi connectivity index (χ4n) is 1.39.